The highest BCUT2D eigenvalue weighted by Gasteiger charge is 2.19. The monoisotopic (exact) mass is 248 g/mol. The predicted molar refractivity (Wildman–Crippen MR) is 60.2 cm³/mol. The Kier molecular flexibility index (Phi) is 4.51. The standard InChI is InChI=1S/C9H13O4PS/c1-12-14(2,11)7-8(10)6-13-9-4-3-5-15-9/h3-5H,6-7H2,1-2H3. The number of hydrogen-bond acceptors (Lipinski definition) is 5. The van der Waals surface area contributed by atoms with Crippen LogP contribution in [0.3, 0.4) is 0 Å². The quantitative estimate of drug-likeness (QED) is 0.724. The summed E-state index contributed by atoms with van der Waals surface area (Å²) in [4.78, 5) is 11.3. The van der Waals surface area contributed by atoms with E-state index in [1.807, 2.05) is 11.4 Å². The predicted octanol–water partition coefficient (Wildman–Crippen LogP) is 2.25. The van der Waals surface area contributed by atoms with Crippen LogP contribution in [0, 0.1) is 0 Å². The Morgan fingerprint density at radius 3 is 2.87 bits per heavy atom. The molecule has 4 nitrogen and oxygen atoms in total. The molecule has 1 rings (SSSR count). The van der Waals surface area contributed by atoms with E-state index in [-0.39, 0.29) is 18.6 Å². The van der Waals surface area contributed by atoms with Crippen molar-refractivity contribution in [3.05, 3.63) is 17.5 Å². The van der Waals surface area contributed by atoms with Gasteiger partial charge in [-0.3, -0.25) is 9.36 Å². The third kappa shape index (κ3) is 4.60. The van der Waals surface area contributed by atoms with Crippen molar-refractivity contribution in [3.8, 4) is 5.06 Å². The van der Waals surface area contributed by atoms with Gasteiger partial charge in [0, 0.05) is 13.8 Å². The van der Waals surface area contributed by atoms with Gasteiger partial charge in [0.25, 0.3) is 0 Å². The molecular formula is C9H13O4PS. The fourth-order valence-corrected chi connectivity index (χ4v) is 2.36. The first-order chi connectivity index (χ1) is 7.03. The molecule has 0 aromatic carbocycles. The van der Waals surface area contributed by atoms with Gasteiger partial charge in [-0.1, -0.05) is 0 Å². The van der Waals surface area contributed by atoms with Crippen molar-refractivity contribution in [2.45, 2.75) is 0 Å². The van der Waals surface area contributed by atoms with Crippen LogP contribution >= 0.6 is 18.7 Å². The number of hydrogen-bond donors (Lipinski definition) is 0. The first-order valence-corrected chi connectivity index (χ1v) is 7.47. The normalized spacial score (nSPS) is 14.5. The van der Waals surface area contributed by atoms with E-state index >= 15 is 0 Å². The van der Waals surface area contributed by atoms with E-state index in [0.29, 0.717) is 5.06 Å². The molecular weight excluding hydrogens is 235 g/mol. The first kappa shape index (κ1) is 12.4. The molecule has 0 fully saturated rings. The van der Waals surface area contributed by atoms with Crippen LogP contribution in [0.1, 0.15) is 0 Å². The minimum atomic E-state index is -2.76. The van der Waals surface area contributed by atoms with Gasteiger partial charge >= 0.3 is 0 Å². The van der Waals surface area contributed by atoms with Gasteiger partial charge in [-0.15, -0.1) is 11.3 Å². The topological polar surface area (TPSA) is 52.6 Å². The lowest BCUT2D eigenvalue weighted by atomic mass is 10.5. The van der Waals surface area contributed by atoms with Crippen molar-refractivity contribution in [1.29, 1.82) is 0 Å². The van der Waals surface area contributed by atoms with E-state index in [1.54, 1.807) is 6.07 Å². The Balaban J connectivity index is 2.34. The molecule has 0 N–H and O–H groups in total. The van der Waals surface area contributed by atoms with Crippen molar-refractivity contribution in [3.63, 3.8) is 0 Å². The molecule has 1 unspecified atom stereocenters. The summed E-state index contributed by atoms with van der Waals surface area (Å²) in [6.45, 7) is 1.39. The molecule has 1 aromatic heterocycles. The Hall–Kier alpha value is -0.640. The zero-order valence-electron chi connectivity index (χ0n) is 8.63. The van der Waals surface area contributed by atoms with Crippen molar-refractivity contribution >= 4 is 24.5 Å². The summed E-state index contributed by atoms with van der Waals surface area (Å²) < 4.78 is 21.4. The van der Waals surface area contributed by atoms with E-state index in [4.69, 9.17) is 9.26 Å². The van der Waals surface area contributed by atoms with Gasteiger partial charge in [-0.05, 0) is 17.5 Å². The van der Waals surface area contributed by atoms with Crippen LogP contribution in [0.2, 0.25) is 0 Å². The lowest BCUT2D eigenvalue weighted by Gasteiger charge is -2.09. The maximum absolute atomic E-state index is 11.5. The molecule has 0 aliphatic carbocycles. The van der Waals surface area contributed by atoms with E-state index in [2.05, 4.69) is 0 Å². The molecule has 0 aliphatic rings. The molecule has 1 aromatic rings. The van der Waals surface area contributed by atoms with Crippen molar-refractivity contribution < 1.29 is 18.6 Å². The Morgan fingerprint density at radius 2 is 2.33 bits per heavy atom. The molecule has 0 saturated heterocycles. The number of thiophene rings is 1. The largest absolute Gasteiger partial charge is 0.476 e. The zero-order valence-corrected chi connectivity index (χ0v) is 10.3. The van der Waals surface area contributed by atoms with Gasteiger partial charge in [0.05, 0.1) is 6.16 Å². The first-order valence-electron chi connectivity index (χ1n) is 4.34. The summed E-state index contributed by atoms with van der Waals surface area (Å²) in [5.74, 6) is -0.212. The number of ketones is 1. The highest BCUT2D eigenvalue weighted by molar-refractivity contribution is 7.59. The van der Waals surface area contributed by atoms with Crippen LogP contribution in [0.25, 0.3) is 0 Å². The van der Waals surface area contributed by atoms with Crippen LogP contribution in [-0.4, -0.2) is 32.3 Å². The molecule has 6 heteroatoms. The molecule has 15 heavy (non-hydrogen) atoms. The fraction of sp³-hybridized carbons (Fsp3) is 0.444. The number of carbonyl (C=O) groups is 1. The van der Waals surface area contributed by atoms with E-state index < -0.39 is 7.37 Å². The smallest absolute Gasteiger partial charge is 0.207 e. The number of ether oxygens (including phenoxy) is 1. The molecule has 0 radical (unpaired) electrons. The molecule has 0 spiro atoms. The summed E-state index contributed by atoms with van der Waals surface area (Å²) in [5, 5.41) is 2.55. The van der Waals surface area contributed by atoms with E-state index in [0.717, 1.165) is 0 Å². The van der Waals surface area contributed by atoms with Crippen molar-refractivity contribution in [2.24, 2.45) is 0 Å². The molecule has 0 amide bonds. The lowest BCUT2D eigenvalue weighted by Crippen LogP contribution is -2.15. The molecule has 0 aliphatic heterocycles. The van der Waals surface area contributed by atoms with Gasteiger partial charge in [-0.25, -0.2) is 0 Å². The minimum absolute atomic E-state index is 0.0539. The fourth-order valence-electron chi connectivity index (χ4n) is 0.928. The summed E-state index contributed by atoms with van der Waals surface area (Å²) in [6, 6.07) is 3.62. The molecule has 0 bridgehead atoms. The summed E-state index contributed by atoms with van der Waals surface area (Å²) in [6.07, 6.45) is -0.0745. The van der Waals surface area contributed by atoms with E-state index in [1.165, 1.54) is 25.1 Å². The van der Waals surface area contributed by atoms with Crippen LogP contribution in [0.5, 0.6) is 5.06 Å². The highest BCUT2D eigenvalue weighted by atomic mass is 32.1. The molecule has 84 valence electrons. The summed E-state index contributed by atoms with van der Waals surface area (Å²) in [5.41, 5.74) is 0. The minimum Gasteiger partial charge on any atom is -0.476 e. The van der Waals surface area contributed by atoms with Crippen LogP contribution < -0.4 is 4.74 Å². The zero-order chi connectivity index (χ0) is 11.3. The van der Waals surface area contributed by atoms with Gasteiger partial charge in [-0.2, -0.15) is 0 Å². The van der Waals surface area contributed by atoms with Crippen LogP contribution in [-0.2, 0) is 13.9 Å². The van der Waals surface area contributed by atoms with Crippen molar-refractivity contribution in [2.75, 3.05) is 26.5 Å². The van der Waals surface area contributed by atoms with Gasteiger partial charge in [0.2, 0.25) is 7.37 Å². The summed E-state index contributed by atoms with van der Waals surface area (Å²) >= 11 is 1.41. The average Bonchev–Trinajstić information content (AvgIpc) is 2.66. The third-order valence-electron chi connectivity index (χ3n) is 1.72. The van der Waals surface area contributed by atoms with Crippen LogP contribution in [0.4, 0.5) is 0 Å². The van der Waals surface area contributed by atoms with Gasteiger partial charge in [0.1, 0.15) is 6.61 Å². The Bertz CT molecular complexity index is 360. The van der Waals surface area contributed by atoms with Crippen LogP contribution in [0.15, 0.2) is 17.5 Å². The number of rotatable bonds is 6. The SMILES string of the molecule is COP(C)(=O)CC(=O)COc1cccs1. The second-order valence-electron chi connectivity index (χ2n) is 3.11. The highest BCUT2D eigenvalue weighted by Crippen LogP contribution is 2.40. The lowest BCUT2D eigenvalue weighted by molar-refractivity contribution is -0.118. The Labute approximate surface area is 92.7 Å². The maximum atomic E-state index is 11.5. The number of Topliss-reactive ketones (excluding diaryl/α,β-unsaturated/α-hetero) is 1. The second kappa shape index (κ2) is 5.45. The average molecular weight is 248 g/mol. The van der Waals surface area contributed by atoms with Gasteiger partial charge in [0.15, 0.2) is 10.8 Å². The van der Waals surface area contributed by atoms with Crippen molar-refractivity contribution in [1.82, 2.24) is 0 Å². The second-order valence-corrected chi connectivity index (χ2v) is 6.73. The molecule has 1 heterocycles. The Morgan fingerprint density at radius 1 is 1.60 bits per heavy atom. The van der Waals surface area contributed by atoms with Gasteiger partial charge < -0.3 is 9.26 Å². The third-order valence-corrected chi connectivity index (χ3v) is 4.20. The molecule has 1 atom stereocenters. The summed E-state index contributed by atoms with van der Waals surface area (Å²) in [7, 11) is -1.42. The molecule has 0 saturated carbocycles. The van der Waals surface area contributed by atoms with E-state index in [9.17, 15) is 9.36 Å². The maximum Gasteiger partial charge on any atom is 0.207 e. The number of carbonyl (C=O) groups excluding carboxylic acids is 1.